The molecule has 1 unspecified atom stereocenters. The average Bonchev–Trinajstić information content (AvgIpc) is 2.62. The van der Waals surface area contributed by atoms with Gasteiger partial charge in [-0.25, -0.2) is 0 Å². The van der Waals surface area contributed by atoms with Crippen molar-refractivity contribution in [2.75, 3.05) is 20.1 Å². The summed E-state index contributed by atoms with van der Waals surface area (Å²) in [6.45, 7) is 3.64. The molecule has 0 fully saturated rings. The molecule has 2 aromatic carbocycles. The highest BCUT2D eigenvalue weighted by molar-refractivity contribution is 5.79. The summed E-state index contributed by atoms with van der Waals surface area (Å²) in [6.07, 6.45) is 0.228. The second-order valence-corrected chi connectivity index (χ2v) is 6.44. The van der Waals surface area contributed by atoms with E-state index in [9.17, 15) is 9.59 Å². The van der Waals surface area contributed by atoms with Crippen LogP contribution in [-0.2, 0) is 16.1 Å². The van der Waals surface area contributed by atoms with Crippen LogP contribution in [0, 0.1) is 0 Å². The van der Waals surface area contributed by atoms with Gasteiger partial charge < -0.3 is 15.5 Å². The van der Waals surface area contributed by atoms with Crippen LogP contribution in [0.2, 0.25) is 0 Å². The van der Waals surface area contributed by atoms with Crippen molar-refractivity contribution in [1.82, 2.24) is 15.5 Å². The minimum atomic E-state index is -0.309. The normalized spacial score (nSPS) is 11.8. The Kier molecular flexibility index (Phi) is 7.83. The van der Waals surface area contributed by atoms with Crippen molar-refractivity contribution in [3.05, 3.63) is 71.8 Å². The maximum absolute atomic E-state index is 12.3. The van der Waals surface area contributed by atoms with Crippen molar-refractivity contribution in [2.24, 2.45) is 0 Å². The van der Waals surface area contributed by atoms with Gasteiger partial charge in [-0.05, 0) is 18.2 Å². The summed E-state index contributed by atoms with van der Waals surface area (Å²) in [6, 6.07) is 19.5. The van der Waals surface area contributed by atoms with Crippen molar-refractivity contribution in [1.29, 1.82) is 0 Å². The molecule has 0 saturated carbocycles. The Morgan fingerprint density at radius 3 is 2.23 bits per heavy atom. The number of carbonyl (C=O) groups excluding carboxylic acids is 2. The van der Waals surface area contributed by atoms with E-state index in [1.165, 1.54) is 12.5 Å². The van der Waals surface area contributed by atoms with Crippen LogP contribution >= 0.6 is 0 Å². The Hall–Kier alpha value is -2.66. The molecule has 5 heteroatoms. The van der Waals surface area contributed by atoms with Crippen molar-refractivity contribution in [2.45, 2.75) is 25.9 Å². The molecule has 0 aliphatic heterocycles. The van der Waals surface area contributed by atoms with E-state index in [4.69, 9.17) is 0 Å². The minimum Gasteiger partial charge on any atom is -0.355 e. The number of carbonyl (C=O) groups is 2. The van der Waals surface area contributed by atoms with E-state index < -0.39 is 0 Å². The molecule has 0 aliphatic rings. The predicted molar refractivity (Wildman–Crippen MR) is 103 cm³/mol. The molecule has 0 heterocycles. The molecule has 0 radical (unpaired) electrons. The molecular weight excluding hydrogens is 326 g/mol. The zero-order valence-corrected chi connectivity index (χ0v) is 15.4. The lowest BCUT2D eigenvalue weighted by molar-refractivity contribution is -0.122. The van der Waals surface area contributed by atoms with Gasteiger partial charge >= 0.3 is 0 Å². The first-order chi connectivity index (χ1) is 12.5. The van der Waals surface area contributed by atoms with Crippen molar-refractivity contribution >= 4 is 11.8 Å². The lowest BCUT2D eigenvalue weighted by Crippen LogP contribution is -2.36. The van der Waals surface area contributed by atoms with Crippen LogP contribution in [0.25, 0.3) is 0 Å². The van der Waals surface area contributed by atoms with Gasteiger partial charge in [-0.15, -0.1) is 0 Å². The van der Waals surface area contributed by atoms with E-state index >= 15 is 0 Å². The second kappa shape index (κ2) is 10.4. The van der Waals surface area contributed by atoms with Gasteiger partial charge in [0, 0.05) is 26.6 Å². The van der Waals surface area contributed by atoms with E-state index in [1.54, 1.807) is 0 Å². The summed E-state index contributed by atoms with van der Waals surface area (Å²) in [5.41, 5.74) is 2.18. The van der Waals surface area contributed by atoms with E-state index in [1.807, 2.05) is 55.6 Å². The molecule has 138 valence electrons. The van der Waals surface area contributed by atoms with Crippen LogP contribution in [0.15, 0.2) is 60.7 Å². The van der Waals surface area contributed by atoms with Gasteiger partial charge in [0.2, 0.25) is 11.8 Å². The first-order valence-electron chi connectivity index (χ1n) is 8.86. The van der Waals surface area contributed by atoms with E-state index in [2.05, 4.69) is 27.7 Å². The monoisotopic (exact) mass is 353 g/mol. The first-order valence-corrected chi connectivity index (χ1v) is 8.86. The topological polar surface area (TPSA) is 61.4 Å². The van der Waals surface area contributed by atoms with Crippen molar-refractivity contribution in [3.8, 4) is 0 Å². The molecule has 0 aliphatic carbocycles. The van der Waals surface area contributed by atoms with Crippen LogP contribution < -0.4 is 10.6 Å². The van der Waals surface area contributed by atoms with Crippen molar-refractivity contribution in [3.63, 3.8) is 0 Å². The molecular formula is C21H27N3O2. The lowest BCUT2D eigenvalue weighted by atomic mass is 10.0. The summed E-state index contributed by atoms with van der Waals surface area (Å²) in [7, 11) is 2.03. The van der Waals surface area contributed by atoms with Gasteiger partial charge in [0.1, 0.15) is 0 Å². The number of nitrogens with one attached hydrogen (secondary N) is 2. The lowest BCUT2D eigenvalue weighted by Gasteiger charge is -2.19. The van der Waals surface area contributed by atoms with Crippen LogP contribution in [0.1, 0.15) is 30.5 Å². The van der Waals surface area contributed by atoms with Gasteiger partial charge in [0.25, 0.3) is 0 Å². The number of rotatable bonds is 9. The molecule has 2 amide bonds. The summed E-state index contributed by atoms with van der Waals surface area (Å²) < 4.78 is 0. The van der Waals surface area contributed by atoms with E-state index in [-0.39, 0.29) is 24.3 Å². The predicted octanol–water partition coefficient (Wildman–Crippen LogP) is 2.50. The van der Waals surface area contributed by atoms with Crippen LogP contribution in [0.4, 0.5) is 0 Å². The Bertz CT molecular complexity index is 689. The maximum Gasteiger partial charge on any atom is 0.222 e. The summed E-state index contributed by atoms with van der Waals surface area (Å²) in [5.74, 6) is -0.213. The number of nitrogens with zero attached hydrogens (tertiary/aromatic N) is 1. The standard InChI is InChI=1S/C21H27N3O2/c1-17(25)23-20(19-11-7-4-8-12-19)15-21(26)22-13-14-24(2)16-18-9-5-3-6-10-18/h3-12,20H,13-16H2,1-2H3,(H,22,26)(H,23,25). The number of amides is 2. The average molecular weight is 353 g/mol. The number of benzene rings is 2. The summed E-state index contributed by atoms with van der Waals surface area (Å²) in [5, 5.41) is 5.79. The van der Waals surface area contributed by atoms with E-state index in [0.29, 0.717) is 6.54 Å². The van der Waals surface area contributed by atoms with Crippen LogP contribution in [0.5, 0.6) is 0 Å². The highest BCUT2D eigenvalue weighted by atomic mass is 16.2. The Balaban J connectivity index is 1.78. The fourth-order valence-electron chi connectivity index (χ4n) is 2.80. The summed E-state index contributed by atoms with van der Waals surface area (Å²) in [4.78, 5) is 25.9. The van der Waals surface area contributed by atoms with Gasteiger partial charge in [0.05, 0.1) is 12.5 Å². The van der Waals surface area contributed by atoms with Crippen LogP contribution in [0.3, 0.4) is 0 Å². The summed E-state index contributed by atoms with van der Waals surface area (Å²) >= 11 is 0. The van der Waals surface area contributed by atoms with E-state index in [0.717, 1.165) is 18.7 Å². The van der Waals surface area contributed by atoms with Crippen LogP contribution in [-0.4, -0.2) is 36.9 Å². The molecule has 1 atom stereocenters. The first kappa shape index (κ1) is 19.7. The quantitative estimate of drug-likeness (QED) is 0.728. The SMILES string of the molecule is CC(=O)NC(CC(=O)NCCN(C)Cc1ccccc1)c1ccccc1. The molecule has 0 bridgehead atoms. The maximum atomic E-state index is 12.3. The molecule has 2 N–H and O–H groups in total. The Morgan fingerprint density at radius 2 is 1.62 bits per heavy atom. The third kappa shape index (κ3) is 7.07. The fraction of sp³-hybridized carbons (Fsp3) is 0.333. The minimum absolute atomic E-state index is 0.0688. The van der Waals surface area contributed by atoms with Gasteiger partial charge in [-0.1, -0.05) is 60.7 Å². The second-order valence-electron chi connectivity index (χ2n) is 6.44. The smallest absolute Gasteiger partial charge is 0.222 e. The zero-order valence-electron chi connectivity index (χ0n) is 15.4. The molecule has 2 rings (SSSR count). The van der Waals surface area contributed by atoms with Gasteiger partial charge in [-0.2, -0.15) is 0 Å². The molecule has 0 saturated heterocycles. The van der Waals surface area contributed by atoms with Gasteiger partial charge in [0.15, 0.2) is 0 Å². The van der Waals surface area contributed by atoms with Gasteiger partial charge in [-0.3, -0.25) is 9.59 Å². The molecule has 0 spiro atoms. The number of likely N-dealkylation sites (N-methyl/N-ethyl adjacent to an activating group) is 1. The number of hydrogen-bond donors (Lipinski definition) is 2. The Labute approximate surface area is 155 Å². The molecule has 2 aromatic rings. The fourth-order valence-corrected chi connectivity index (χ4v) is 2.80. The molecule has 5 nitrogen and oxygen atoms in total. The number of hydrogen-bond acceptors (Lipinski definition) is 3. The highest BCUT2D eigenvalue weighted by Crippen LogP contribution is 2.16. The largest absolute Gasteiger partial charge is 0.355 e. The Morgan fingerprint density at radius 1 is 1.00 bits per heavy atom. The zero-order chi connectivity index (χ0) is 18.8. The third-order valence-corrected chi connectivity index (χ3v) is 4.08. The highest BCUT2D eigenvalue weighted by Gasteiger charge is 2.16. The molecule has 0 aromatic heterocycles. The van der Waals surface area contributed by atoms with Crippen molar-refractivity contribution < 1.29 is 9.59 Å². The third-order valence-electron chi connectivity index (χ3n) is 4.08. The molecule has 26 heavy (non-hydrogen) atoms.